The lowest BCUT2D eigenvalue weighted by Gasteiger charge is -2.19. The van der Waals surface area contributed by atoms with Crippen molar-refractivity contribution in [2.45, 2.75) is 18.1 Å². The summed E-state index contributed by atoms with van der Waals surface area (Å²) in [7, 11) is 0.206. The zero-order chi connectivity index (χ0) is 10.4. The number of rotatable bonds is 3. The second-order valence-corrected chi connectivity index (χ2v) is 4.56. The smallest absolute Gasteiger partial charge is 0.331 e. The lowest BCUT2D eigenvalue weighted by Crippen LogP contribution is -2.23. The van der Waals surface area contributed by atoms with Crippen LogP contribution in [0.3, 0.4) is 0 Å². The molecule has 1 fully saturated rings. The van der Waals surface area contributed by atoms with E-state index in [-0.39, 0.29) is 5.25 Å². The van der Waals surface area contributed by atoms with E-state index in [4.69, 9.17) is 4.74 Å². The van der Waals surface area contributed by atoms with Crippen LogP contribution in [0.2, 0.25) is 0 Å². The standard InChI is InChI=1S/C9H14O4S/c1-12-9(10)4-7-14(11)8-2-5-13-6-3-8/h4,7-8H,2-3,5-6H2,1H3/b7-4+. The minimum atomic E-state index is -1.09. The molecule has 0 aromatic carbocycles. The van der Waals surface area contributed by atoms with Crippen molar-refractivity contribution >= 4 is 16.8 Å². The number of methoxy groups -OCH3 is 1. The van der Waals surface area contributed by atoms with E-state index >= 15 is 0 Å². The molecule has 0 aromatic heterocycles. The Balaban J connectivity index is 2.40. The molecule has 0 radical (unpaired) electrons. The average molecular weight is 218 g/mol. The van der Waals surface area contributed by atoms with Crippen molar-refractivity contribution in [2.75, 3.05) is 20.3 Å². The number of ether oxygens (including phenoxy) is 2. The molecule has 14 heavy (non-hydrogen) atoms. The molecule has 1 rings (SSSR count). The van der Waals surface area contributed by atoms with Gasteiger partial charge < -0.3 is 9.47 Å². The summed E-state index contributed by atoms with van der Waals surface area (Å²) in [6, 6.07) is 0. The minimum Gasteiger partial charge on any atom is -0.466 e. The maximum absolute atomic E-state index is 11.6. The highest BCUT2D eigenvalue weighted by Crippen LogP contribution is 2.13. The number of carbonyl (C=O) groups is 1. The highest BCUT2D eigenvalue weighted by atomic mass is 32.2. The van der Waals surface area contributed by atoms with Crippen LogP contribution in [-0.4, -0.2) is 35.8 Å². The summed E-state index contributed by atoms with van der Waals surface area (Å²) in [6.45, 7) is 1.31. The number of esters is 1. The van der Waals surface area contributed by atoms with Crippen LogP contribution in [0.5, 0.6) is 0 Å². The van der Waals surface area contributed by atoms with Gasteiger partial charge >= 0.3 is 5.97 Å². The van der Waals surface area contributed by atoms with Gasteiger partial charge in [0.2, 0.25) is 0 Å². The summed E-state index contributed by atoms with van der Waals surface area (Å²) >= 11 is 0. The number of carbonyl (C=O) groups excluding carboxylic acids is 1. The summed E-state index contributed by atoms with van der Waals surface area (Å²) in [4.78, 5) is 10.7. The fraction of sp³-hybridized carbons (Fsp3) is 0.667. The number of hydrogen-bond acceptors (Lipinski definition) is 4. The van der Waals surface area contributed by atoms with Crippen molar-refractivity contribution in [1.82, 2.24) is 0 Å². The summed E-state index contributed by atoms with van der Waals surface area (Å²) in [5.41, 5.74) is 0. The van der Waals surface area contributed by atoms with Gasteiger partial charge in [0.15, 0.2) is 0 Å². The lowest BCUT2D eigenvalue weighted by atomic mass is 10.2. The molecule has 0 aromatic rings. The summed E-state index contributed by atoms with van der Waals surface area (Å²) < 4.78 is 21.1. The zero-order valence-electron chi connectivity index (χ0n) is 8.10. The molecular weight excluding hydrogens is 204 g/mol. The summed E-state index contributed by atoms with van der Waals surface area (Å²) in [5, 5.41) is 1.52. The topological polar surface area (TPSA) is 52.6 Å². The predicted molar refractivity (Wildman–Crippen MR) is 53.1 cm³/mol. The maximum atomic E-state index is 11.6. The first-order valence-corrected chi connectivity index (χ1v) is 5.75. The van der Waals surface area contributed by atoms with E-state index in [1.807, 2.05) is 0 Å². The first-order valence-electron chi connectivity index (χ1n) is 4.47. The Morgan fingerprint density at radius 3 is 2.71 bits per heavy atom. The Morgan fingerprint density at radius 2 is 2.14 bits per heavy atom. The Kier molecular flexibility index (Phi) is 4.82. The Morgan fingerprint density at radius 1 is 1.50 bits per heavy atom. The van der Waals surface area contributed by atoms with E-state index < -0.39 is 16.8 Å². The van der Waals surface area contributed by atoms with E-state index in [0.717, 1.165) is 12.8 Å². The van der Waals surface area contributed by atoms with Gasteiger partial charge in [0.05, 0.1) is 7.11 Å². The van der Waals surface area contributed by atoms with Crippen molar-refractivity contribution in [1.29, 1.82) is 0 Å². The van der Waals surface area contributed by atoms with Gasteiger partial charge in [-0.3, -0.25) is 4.21 Å². The molecule has 1 aliphatic heterocycles. The predicted octanol–water partition coefficient (Wildman–Crippen LogP) is 0.601. The normalized spacial score (nSPS) is 20.9. The van der Waals surface area contributed by atoms with Crippen LogP contribution in [0, 0.1) is 0 Å². The molecule has 1 saturated heterocycles. The molecule has 5 heteroatoms. The molecule has 80 valence electrons. The van der Waals surface area contributed by atoms with Crippen LogP contribution in [0.15, 0.2) is 11.5 Å². The van der Waals surface area contributed by atoms with Gasteiger partial charge in [0.25, 0.3) is 0 Å². The minimum absolute atomic E-state index is 0.115. The third-order valence-corrected chi connectivity index (χ3v) is 3.57. The molecule has 4 nitrogen and oxygen atoms in total. The van der Waals surface area contributed by atoms with Crippen LogP contribution in [0.1, 0.15) is 12.8 Å². The van der Waals surface area contributed by atoms with Gasteiger partial charge in [-0.1, -0.05) is 0 Å². The molecule has 0 saturated carbocycles. The van der Waals surface area contributed by atoms with Crippen molar-refractivity contribution in [3.63, 3.8) is 0 Å². The van der Waals surface area contributed by atoms with Gasteiger partial charge in [-0.2, -0.15) is 0 Å². The Hall–Kier alpha value is -0.680. The van der Waals surface area contributed by atoms with Crippen LogP contribution in [0.25, 0.3) is 0 Å². The van der Waals surface area contributed by atoms with E-state index in [9.17, 15) is 9.00 Å². The largest absolute Gasteiger partial charge is 0.466 e. The fourth-order valence-electron chi connectivity index (χ4n) is 1.21. The van der Waals surface area contributed by atoms with Crippen molar-refractivity contribution in [3.05, 3.63) is 11.5 Å². The SMILES string of the molecule is COC(=O)/C=C/S(=O)C1CCOCC1. The molecule has 0 bridgehead atoms. The summed E-state index contributed by atoms with van der Waals surface area (Å²) in [5.74, 6) is -0.467. The van der Waals surface area contributed by atoms with Crippen LogP contribution in [-0.2, 0) is 25.1 Å². The second-order valence-electron chi connectivity index (χ2n) is 2.97. The van der Waals surface area contributed by atoms with Crippen molar-refractivity contribution in [2.24, 2.45) is 0 Å². The third-order valence-electron chi connectivity index (χ3n) is 2.04. The first-order chi connectivity index (χ1) is 6.74. The van der Waals surface area contributed by atoms with Gasteiger partial charge in [-0.15, -0.1) is 0 Å². The quantitative estimate of drug-likeness (QED) is 0.514. The van der Waals surface area contributed by atoms with Crippen molar-refractivity contribution in [3.8, 4) is 0 Å². The van der Waals surface area contributed by atoms with E-state index in [0.29, 0.717) is 13.2 Å². The fourth-order valence-corrected chi connectivity index (χ4v) is 2.33. The van der Waals surface area contributed by atoms with E-state index in [1.165, 1.54) is 18.6 Å². The van der Waals surface area contributed by atoms with Crippen molar-refractivity contribution < 1.29 is 18.5 Å². The van der Waals surface area contributed by atoms with Gasteiger partial charge in [-0.25, -0.2) is 4.79 Å². The van der Waals surface area contributed by atoms with Gasteiger partial charge in [-0.05, 0) is 12.8 Å². The molecule has 0 aliphatic carbocycles. The lowest BCUT2D eigenvalue weighted by molar-refractivity contribution is -0.134. The Bertz CT molecular complexity index is 243. The molecule has 1 unspecified atom stereocenters. The maximum Gasteiger partial charge on any atom is 0.331 e. The molecule has 0 spiro atoms. The van der Waals surface area contributed by atoms with Crippen LogP contribution >= 0.6 is 0 Å². The van der Waals surface area contributed by atoms with Gasteiger partial charge in [0, 0.05) is 40.7 Å². The van der Waals surface area contributed by atoms with E-state index in [1.54, 1.807) is 0 Å². The Labute approximate surface area is 85.7 Å². The molecule has 1 aliphatic rings. The average Bonchev–Trinajstić information content (AvgIpc) is 2.26. The van der Waals surface area contributed by atoms with Crippen LogP contribution in [0.4, 0.5) is 0 Å². The highest BCUT2D eigenvalue weighted by molar-refractivity contribution is 7.88. The molecule has 0 amide bonds. The van der Waals surface area contributed by atoms with Gasteiger partial charge in [0.1, 0.15) is 0 Å². The number of hydrogen-bond donors (Lipinski definition) is 0. The third kappa shape index (κ3) is 3.59. The molecule has 1 heterocycles. The van der Waals surface area contributed by atoms with Crippen LogP contribution < -0.4 is 0 Å². The van der Waals surface area contributed by atoms with E-state index in [2.05, 4.69) is 4.74 Å². The highest BCUT2D eigenvalue weighted by Gasteiger charge is 2.18. The first kappa shape index (κ1) is 11.4. The summed E-state index contributed by atoms with van der Waals surface area (Å²) in [6.07, 6.45) is 2.79. The monoisotopic (exact) mass is 218 g/mol. The molecule has 1 atom stereocenters. The molecular formula is C9H14O4S. The molecule has 0 N–H and O–H groups in total. The zero-order valence-corrected chi connectivity index (χ0v) is 8.92. The second kappa shape index (κ2) is 5.93.